The molecule has 0 aliphatic carbocycles. The lowest BCUT2D eigenvalue weighted by Crippen LogP contribution is -2.30. The Balaban J connectivity index is 3.92. The number of allylic oxidation sites excluding steroid dienone is 10. The quantitative estimate of drug-likeness (QED) is 0.0262. The Morgan fingerprint density at radius 3 is 0.897 bits per heavy atom. The number of carbonyl (C=O) groups is 3. The number of unbranched alkanes of at least 4 members (excludes halogenated alkanes) is 32. The van der Waals surface area contributed by atoms with Gasteiger partial charge in [-0.3, -0.25) is 14.4 Å². The van der Waals surface area contributed by atoms with Crippen LogP contribution in [-0.2, 0) is 28.6 Å². The summed E-state index contributed by atoms with van der Waals surface area (Å²) in [6.07, 6.45) is 71.2. The molecule has 6 nitrogen and oxygen atoms in total. The molecule has 0 heterocycles. The van der Waals surface area contributed by atoms with Crippen LogP contribution in [0.3, 0.4) is 0 Å². The molecule has 1 unspecified atom stereocenters. The van der Waals surface area contributed by atoms with E-state index in [1.54, 1.807) is 0 Å². The van der Waals surface area contributed by atoms with E-state index in [2.05, 4.69) is 81.5 Å². The van der Waals surface area contributed by atoms with Crippen LogP contribution in [0.1, 0.15) is 297 Å². The van der Waals surface area contributed by atoms with Crippen molar-refractivity contribution < 1.29 is 28.6 Å². The molecule has 0 aliphatic rings. The van der Waals surface area contributed by atoms with Gasteiger partial charge < -0.3 is 14.2 Å². The summed E-state index contributed by atoms with van der Waals surface area (Å²) in [6.45, 7) is 6.49. The predicted molar refractivity (Wildman–Crippen MR) is 293 cm³/mol. The van der Waals surface area contributed by atoms with Gasteiger partial charge in [0.2, 0.25) is 0 Å². The van der Waals surface area contributed by atoms with E-state index in [-0.39, 0.29) is 31.1 Å². The Morgan fingerprint density at radius 2 is 0.574 bits per heavy atom. The summed E-state index contributed by atoms with van der Waals surface area (Å²) in [4.78, 5) is 37.8. The summed E-state index contributed by atoms with van der Waals surface area (Å²) in [5.41, 5.74) is 0. The highest BCUT2D eigenvalue weighted by atomic mass is 16.6. The highest BCUT2D eigenvalue weighted by Gasteiger charge is 2.19. The van der Waals surface area contributed by atoms with E-state index < -0.39 is 6.10 Å². The molecule has 0 aromatic carbocycles. The van der Waals surface area contributed by atoms with Gasteiger partial charge in [-0.25, -0.2) is 0 Å². The fourth-order valence-electron chi connectivity index (χ4n) is 8.41. The Bertz CT molecular complexity index is 1230. The molecule has 0 N–H and O–H groups in total. The SMILES string of the molecule is CC/C=C\C/C=C\C/C=C\C/C=C\C/C=C\CCCCCCCCCCCCCCCCCCCC(=O)OCC(COC(=O)CCCCCCCCC)OC(=O)CCCCCCCCCCCC. The largest absolute Gasteiger partial charge is 0.462 e. The second-order valence-corrected chi connectivity index (χ2v) is 19.5. The fraction of sp³-hybridized carbons (Fsp3) is 0.790. The predicted octanol–water partition coefficient (Wildman–Crippen LogP) is 19.6. The smallest absolute Gasteiger partial charge is 0.306 e. The number of hydrogen-bond acceptors (Lipinski definition) is 6. The first-order valence-corrected chi connectivity index (χ1v) is 29.3. The summed E-state index contributed by atoms with van der Waals surface area (Å²) in [5, 5.41) is 0. The molecular formula is C62H110O6. The second kappa shape index (κ2) is 56.7. The van der Waals surface area contributed by atoms with Crippen molar-refractivity contribution in [2.75, 3.05) is 13.2 Å². The molecule has 0 saturated carbocycles. The molecule has 0 aromatic heterocycles. The fourth-order valence-corrected chi connectivity index (χ4v) is 8.41. The van der Waals surface area contributed by atoms with Crippen molar-refractivity contribution in [1.29, 1.82) is 0 Å². The van der Waals surface area contributed by atoms with E-state index in [9.17, 15) is 14.4 Å². The van der Waals surface area contributed by atoms with Gasteiger partial charge in [0, 0.05) is 19.3 Å². The molecular weight excluding hydrogens is 841 g/mol. The van der Waals surface area contributed by atoms with Gasteiger partial charge in [0.05, 0.1) is 0 Å². The van der Waals surface area contributed by atoms with Gasteiger partial charge in [0.1, 0.15) is 13.2 Å². The highest BCUT2D eigenvalue weighted by molar-refractivity contribution is 5.71. The minimum atomic E-state index is -0.764. The zero-order valence-electron chi connectivity index (χ0n) is 45.1. The van der Waals surface area contributed by atoms with Crippen molar-refractivity contribution in [2.24, 2.45) is 0 Å². The summed E-state index contributed by atoms with van der Waals surface area (Å²) in [6, 6.07) is 0. The van der Waals surface area contributed by atoms with Gasteiger partial charge >= 0.3 is 17.9 Å². The van der Waals surface area contributed by atoms with E-state index in [0.717, 1.165) is 89.9 Å². The van der Waals surface area contributed by atoms with Crippen molar-refractivity contribution >= 4 is 17.9 Å². The summed E-state index contributed by atoms with van der Waals surface area (Å²) in [7, 11) is 0. The third-order valence-electron chi connectivity index (χ3n) is 12.8. The van der Waals surface area contributed by atoms with E-state index in [1.165, 1.54) is 167 Å². The van der Waals surface area contributed by atoms with Crippen molar-refractivity contribution in [2.45, 2.75) is 303 Å². The number of rotatable bonds is 53. The van der Waals surface area contributed by atoms with Gasteiger partial charge in [-0.2, -0.15) is 0 Å². The summed E-state index contributed by atoms with van der Waals surface area (Å²) >= 11 is 0. The van der Waals surface area contributed by atoms with Crippen LogP contribution in [0.15, 0.2) is 60.8 Å². The lowest BCUT2D eigenvalue weighted by Gasteiger charge is -2.18. The van der Waals surface area contributed by atoms with Crippen LogP contribution in [0.2, 0.25) is 0 Å². The molecule has 1 atom stereocenters. The van der Waals surface area contributed by atoms with Crippen LogP contribution in [0, 0.1) is 0 Å². The van der Waals surface area contributed by atoms with E-state index >= 15 is 0 Å². The van der Waals surface area contributed by atoms with E-state index in [0.29, 0.717) is 19.3 Å². The van der Waals surface area contributed by atoms with Gasteiger partial charge in [0.15, 0.2) is 6.10 Å². The topological polar surface area (TPSA) is 78.9 Å². The van der Waals surface area contributed by atoms with Gasteiger partial charge in [0.25, 0.3) is 0 Å². The van der Waals surface area contributed by atoms with Crippen molar-refractivity contribution in [3.8, 4) is 0 Å². The number of ether oxygens (including phenoxy) is 3. The maximum atomic E-state index is 12.7. The molecule has 0 saturated heterocycles. The molecule has 0 aromatic rings. The Kier molecular flexibility index (Phi) is 54.3. The molecule has 394 valence electrons. The molecule has 0 amide bonds. The average molecular weight is 952 g/mol. The van der Waals surface area contributed by atoms with Crippen molar-refractivity contribution in [3.63, 3.8) is 0 Å². The molecule has 0 rings (SSSR count). The lowest BCUT2D eigenvalue weighted by atomic mass is 10.0. The first kappa shape index (κ1) is 65.1. The lowest BCUT2D eigenvalue weighted by molar-refractivity contribution is -0.167. The average Bonchev–Trinajstić information content (AvgIpc) is 3.34. The molecule has 0 fully saturated rings. The monoisotopic (exact) mass is 951 g/mol. The third-order valence-corrected chi connectivity index (χ3v) is 12.8. The number of carbonyl (C=O) groups excluding carboxylic acids is 3. The molecule has 68 heavy (non-hydrogen) atoms. The number of hydrogen-bond donors (Lipinski definition) is 0. The second-order valence-electron chi connectivity index (χ2n) is 19.5. The minimum absolute atomic E-state index is 0.0687. The maximum absolute atomic E-state index is 12.7. The van der Waals surface area contributed by atoms with Crippen molar-refractivity contribution in [1.82, 2.24) is 0 Å². The molecule has 0 aliphatic heterocycles. The standard InChI is InChI=1S/C62H110O6/c1-4-7-10-13-16-18-20-21-22-23-24-25-26-27-28-29-30-31-32-33-34-35-36-37-38-39-40-41-42-44-46-49-52-55-61(64)67-58-59(57-66-60(63)54-51-48-45-15-12-9-6-3)68-62(65)56-53-50-47-43-19-17-14-11-8-5-2/h7,10,16,18,21-22,24-25,27-28,59H,4-6,8-9,11-15,17,19-20,23,26,29-58H2,1-3H3/b10-7-,18-16-,22-21-,25-24-,28-27-. The zero-order valence-corrected chi connectivity index (χ0v) is 45.1. The minimum Gasteiger partial charge on any atom is -0.462 e. The zero-order chi connectivity index (χ0) is 49.3. The summed E-state index contributed by atoms with van der Waals surface area (Å²) < 4.78 is 16.7. The summed E-state index contributed by atoms with van der Waals surface area (Å²) in [5.74, 6) is -0.866. The molecule has 6 heteroatoms. The molecule has 0 radical (unpaired) electrons. The number of esters is 3. The van der Waals surface area contributed by atoms with Gasteiger partial charge in [-0.1, -0.05) is 274 Å². The van der Waals surface area contributed by atoms with Crippen LogP contribution < -0.4 is 0 Å². The van der Waals surface area contributed by atoms with Crippen LogP contribution >= 0.6 is 0 Å². The third kappa shape index (κ3) is 54.1. The maximum Gasteiger partial charge on any atom is 0.306 e. The Labute approximate surface area is 421 Å². The van der Waals surface area contributed by atoms with Crippen LogP contribution in [0.25, 0.3) is 0 Å². The van der Waals surface area contributed by atoms with Crippen LogP contribution in [0.4, 0.5) is 0 Å². The molecule has 0 bridgehead atoms. The Hall–Kier alpha value is -2.89. The van der Waals surface area contributed by atoms with E-state index in [1.807, 2.05) is 0 Å². The first-order chi connectivity index (χ1) is 33.5. The van der Waals surface area contributed by atoms with E-state index in [4.69, 9.17) is 14.2 Å². The van der Waals surface area contributed by atoms with Gasteiger partial charge in [-0.15, -0.1) is 0 Å². The Morgan fingerprint density at radius 1 is 0.309 bits per heavy atom. The first-order valence-electron chi connectivity index (χ1n) is 29.3. The van der Waals surface area contributed by atoms with Gasteiger partial charge in [-0.05, 0) is 64.2 Å². The molecule has 0 spiro atoms. The van der Waals surface area contributed by atoms with Crippen LogP contribution in [0.5, 0.6) is 0 Å². The highest BCUT2D eigenvalue weighted by Crippen LogP contribution is 2.17. The van der Waals surface area contributed by atoms with Crippen LogP contribution in [-0.4, -0.2) is 37.2 Å². The normalized spacial score (nSPS) is 12.5. The van der Waals surface area contributed by atoms with Crippen molar-refractivity contribution in [3.05, 3.63) is 60.8 Å².